The number of rotatable bonds is 3. The van der Waals surface area contributed by atoms with Gasteiger partial charge < -0.3 is 14.6 Å². The summed E-state index contributed by atoms with van der Waals surface area (Å²) in [7, 11) is 0. The van der Waals surface area contributed by atoms with Crippen molar-refractivity contribution in [2.45, 2.75) is 24.9 Å². The minimum Gasteiger partial charge on any atom is -0.400 e. The summed E-state index contributed by atoms with van der Waals surface area (Å²) in [6.45, 7) is 1.65. The van der Waals surface area contributed by atoms with Crippen LogP contribution in [0.1, 0.15) is 24.7 Å². The molecular weight excluding hydrogens is 329 g/mol. The fourth-order valence-corrected chi connectivity index (χ4v) is 2.37. The highest BCUT2D eigenvalue weighted by molar-refractivity contribution is 5.79. The minimum atomic E-state index is -5.12. The number of carbonyl (C=O) groups is 1. The van der Waals surface area contributed by atoms with E-state index in [1.807, 2.05) is 0 Å². The van der Waals surface area contributed by atoms with E-state index in [2.05, 4.69) is 25.2 Å². The highest BCUT2D eigenvalue weighted by Gasteiger charge is 2.42. The first-order valence-corrected chi connectivity index (χ1v) is 7.24. The van der Waals surface area contributed by atoms with Crippen LogP contribution in [0.5, 0.6) is 5.88 Å². The lowest BCUT2D eigenvalue weighted by Gasteiger charge is -2.18. The van der Waals surface area contributed by atoms with Gasteiger partial charge in [-0.3, -0.25) is 0 Å². The van der Waals surface area contributed by atoms with Crippen LogP contribution >= 0.6 is 0 Å². The van der Waals surface area contributed by atoms with E-state index in [4.69, 9.17) is 4.52 Å². The van der Waals surface area contributed by atoms with E-state index in [1.54, 1.807) is 0 Å². The molecule has 0 atom stereocenters. The molecule has 128 valence electrons. The molecule has 0 unspecified atom stereocenters. The van der Waals surface area contributed by atoms with Gasteiger partial charge in [-0.1, -0.05) is 5.16 Å². The van der Waals surface area contributed by atoms with Crippen LogP contribution in [0.15, 0.2) is 22.9 Å². The Bertz CT molecular complexity index is 726. The lowest BCUT2D eigenvalue weighted by Crippen LogP contribution is -2.28. The van der Waals surface area contributed by atoms with Gasteiger partial charge in [0.05, 0.1) is 5.56 Å². The summed E-state index contributed by atoms with van der Waals surface area (Å²) in [6.07, 6.45) is -2.27. The van der Waals surface area contributed by atoms with E-state index >= 15 is 0 Å². The number of pyridine rings is 1. The summed E-state index contributed by atoms with van der Waals surface area (Å²) >= 11 is 0. The first-order valence-electron chi connectivity index (χ1n) is 7.24. The van der Waals surface area contributed by atoms with Gasteiger partial charge in [-0.25, -0.2) is 9.78 Å². The molecule has 7 nitrogen and oxygen atoms in total. The molecule has 24 heavy (non-hydrogen) atoms. The highest BCUT2D eigenvalue weighted by Crippen LogP contribution is 2.30. The number of alkyl halides is 3. The van der Waals surface area contributed by atoms with Gasteiger partial charge >= 0.3 is 12.1 Å². The van der Waals surface area contributed by atoms with Gasteiger partial charge in [-0.2, -0.15) is 18.2 Å². The fourth-order valence-electron chi connectivity index (χ4n) is 2.37. The summed E-state index contributed by atoms with van der Waals surface area (Å²) in [5.41, 5.74) is 0.0547. The number of nitrogens with one attached hydrogen (secondary N) is 1. The Kier molecular flexibility index (Phi) is 4.47. The lowest BCUT2D eigenvalue weighted by atomic mass is 9.98. The molecule has 0 bridgehead atoms. The Morgan fingerprint density at radius 2 is 2.08 bits per heavy atom. The summed E-state index contributed by atoms with van der Waals surface area (Å²) < 4.78 is 46.6. The van der Waals surface area contributed by atoms with Crippen molar-refractivity contribution in [1.82, 2.24) is 20.4 Å². The topological polar surface area (TPSA) is 90.1 Å². The quantitative estimate of drug-likeness (QED) is 0.854. The Hall–Kier alpha value is -2.49. The number of hydrogen-bond donors (Lipinski definition) is 1. The van der Waals surface area contributed by atoms with Crippen molar-refractivity contribution >= 4 is 5.97 Å². The van der Waals surface area contributed by atoms with Gasteiger partial charge in [0.1, 0.15) is 0 Å². The van der Waals surface area contributed by atoms with Crippen LogP contribution in [0.4, 0.5) is 13.2 Å². The summed E-state index contributed by atoms with van der Waals surface area (Å²) in [4.78, 5) is 18.9. The van der Waals surface area contributed by atoms with Gasteiger partial charge in [0.2, 0.25) is 17.6 Å². The van der Waals surface area contributed by atoms with E-state index in [9.17, 15) is 18.0 Å². The van der Waals surface area contributed by atoms with Crippen molar-refractivity contribution in [2.24, 2.45) is 0 Å². The zero-order valence-electron chi connectivity index (χ0n) is 12.3. The second-order valence-corrected chi connectivity index (χ2v) is 5.22. The maximum atomic E-state index is 12.4. The van der Waals surface area contributed by atoms with Crippen LogP contribution in [0.2, 0.25) is 0 Å². The van der Waals surface area contributed by atoms with Crippen molar-refractivity contribution in [3.05, 3.63) is 24.2 Å². The van der Waals surface area contributed by atoms with Crippen molar-refractivity contribution in [2.75, 3.05) is 13.1 Å². The van der Waals surface area contributed by atoms with E-state index in [-0.39, 0.29) is 17.3 Å². The van der Waals surface area contributed by atoms with E-state index in [0.29, 0.717) is 5.89 Å². The molecule has 0 spiro atoms. The molecule has 0 aromatic carbocycles. The van der Waals surface area contributed by atoms with Crippen LogP contribution in [-0.2, 0) is 4.79 Å². The number of aromatic nitrogens is 3. The Balaban J connectivity index is 1.85. The van der Waals surface area contributed by atoms with Gasteiger partial charge in [0, 0.05) is 12.1 Å². The first kappa shape index (κ1) is 16.4. The first-order chi connectivity index (χ1) is 11.4. The molecule has 0 aliphatic carbocycles. The van der Waals surface area contributed by atoms with Crippen LogP contribution < -0.4 is 10.1 Å². The highest BCUT2D eigenvalue weighted by atomic mass is 19.4. The Labute approximate surface area is 134 Å². The number of ether oxygens (including phenoxy) is 1. The fraction of sp³-hybridized carbons (Fsp3) is 0.429. The van der Waals surface area contributed by atoms with E-state index in [1.165, 1.54) is 18.3 Å². The molecule has 2 aromatic heterocycles. The molecule has 0 radical (unpaired) electrons. The van der Waals surface area contributed by atoms with Crippen molar-refractivity contribution < 1.29 is 27.2 Å². The number of piperidine rings is 1. The average molecular weight is 342 g/mol. The Morgan fingerprint density at radius 1 is 1.33 bits per heavy atom. The summed E-state index contributed by atoms with van der Waals surface area (Å²) in [5.74, 6) is -2.35. The molecular formula is C14H13F3N4O3. The van der Waals surface area contributed by atoms with E-state index in [0.717, 1.165) is 25.9 Å². The second kappa shape index (κ2) is 6.56. The molecule has 0 amide bonds. The van der Waals surface area contributed by atoms with Crippen LogP contribution in [0.3, 0.4) is 0 Å². The average Bonchev–Trinajstić information content (AvgIpc) is 3.05. The van der Waals surface area contributed by atoms with Crippen LogP contribution in [0, 0.1) is 0 Å². The van der Waals surface area contributed by atoms with Gasteiger partial charge in [-0.05, 0) is 38.1 Å². The molecule has 3 rings (SSSR count). The van der Waals surface area contributed by atoms with Crippen molar-refractivity contribution in [3.8, 4) is 17.3 Å². The lowest BCUT2D eigenvalue weighted by molar-refractivity contribution is -0.189. The largest absolute Gasteiger partial charge is 0.491 e. The molecule has 1 aliphatic heterocycles. The number of nitrogens with zero attached hydrogens (tertiary/aromatic N) is 3. The number of hydrogen-bond acceptors (Lipinski definition) is 7. The predicted octanol–water partition coefficient (Wildman–Crippen LogP) is 2.07. The number of halogens is 3. The number of esters is 1. The van der Waals surface area contributed by atoms with E-state index < -0.39 is 18.0 Å². The van der Waals surface area contributed by atoms with Gasteiger partial charge in [0.15, 0.2) is 0 Å². The predicted molar refractivity (Wildman–Crippen MR) is 74.1 cm³/mol. The SMILES string of the molecule is O=C(Oc1ncccc1-c1noc(C2CCNCC2)n1)C(F)(F)F. The molecule has 1 N–H and O–H groups in total. The standard InChI is InChI=1S/C14H13F3N4O3/c15-14(16,17)13(22)23-12-9(2-1-5-19-12)10-20-11(24-21-10)8-3-6-18-7-4-8/h1-2,5,8,18H,3-4,6-7H2. The van der Waals surface area contributed by atoms with Gasteiger partial charge in [-0.15, -0.1) is 0 Å². The van der Waals surface area contributed by atoms with Crippen LogP contribution in [-0.4, -0.2) is 40.4 Å². The Morgan fingerprint density at radius 3 is 2.79 bits per heavy atom. The maximum absolute atomic E-state index is 12.4. The third kappa shape index (κ3) is 3.53. The van der Waals surface area contributed by atoms with Crippen LogP contribution in [0.25, 0.3) is 11.4 Å². The molecule has 0 saturated carbocycles. The smallest absolute Gasteiger partial charge is 0.400 e. The monoisotopic (exact) mass is 342 g/mol. The summed E-state index contributed by atoms with van der Waals surface area (Å²) in [5, 5.41) is 6.98. The molecule has 1 saturated heterocycles. The number of carbonyl (C=O) groups excluding carboxylic acids is 1. The molecule has 10 heteroatoms. The maximum Gasteiger partial charge on any atom is 0.491 e. The molecule has 1 fully saturated rings. The third-order valence-corrected chi connectivity index (χ3v) is 3.56. The molecule has 1 aliphatic rings. The zero-order valence-corrected chi connectivity index (χ0v) is 12.3. The molecule has 2 aromatic rings. The normalized spacial score (nSPS) is 16.1. The van der Waals surface area contributed by atoms with Crippen molar-refractivity contribution in [3.63, 3.8) is 0 Å². The van der Waals surface area contributed by atoms with Crippen molar-refractivity contribution in [1.29, 1.82) is 0 Å². The second-order valence-electron chi connectivity index (χ2n) is 5.22. The van der Waals surface area contributed by atoms with Gasteiger partial charge in [0.25, 0.3) is 0 Å². The summed E-state index contributed by atoms with van der Waals surface area (Å²) in [6, 6.07) is 2.88. The third-order valence-electron chi connectivity index (χ3n) is 3.56. The zero-order chi connectivity index (χ0) is 17.2. The molecule has 3 heterocycles. The minimum absolute atomic E-state index is 0.0293.